The van der Waals surface area contributed by atoms with E-state index in [1.54, 1.807) is 0 Å². The second-order valence-corrected chi connectivity index (χ2v) is 4.83. The van der Waals surface area contributed by atoms with Gasteiger partial charge in [0, 0.05) is 5.56 Å². The van der Waals surface area contributed by atoms with Gasteiger partial charge in [0.2, 0.25) is 0 Å². The van der Waals surface area contributed by atoms with Crippen LogP contribution in [0, 0.1) is 23.4 Å². The van der Waals surface area contributed by atoms with Gasteiger partial charge in [-0.05, 0) is 24.8 Å². The number of nitrogens with two attached hydrogens (primary N) is 1. The molecule has 3 N–H and O–H groups in total. The van der Waals surface area contributed by atoms with Crippen LogP contribution in [0.1, 0.15) is 38.3 Å². The van der Waals surface area contributed by atoms with Crippen molar-refractivity contribution in [1.29, 1.82) is 0 Å². The molecule has 0 aliphatic heterocycles. The van der Waals surface area contributed by atoms with E-state index in [4.69, 9.17) is 5.73 Å². The maximum absolute atomic E-state index is 13.5. The van der Waals surface area contributed by atoms with Gasteiger partial charge in [-0.25, -0.2) is 13.2 Å². The van der Waals surface area contributed by atoms with Gasteiger partial charge in [-0.1, -0.05) is 19.9 Å². The van der Waals surface area contributed by atoms with Gasteiger partial charge >= 0.3 is 0 Å². The van der Waals surface area contributed by atoms with Crippen molar-refractivity contribution in [3.8, 4) is 0 Å². The molecule has 1 aromatic rings. The third kappa shape index (κ3) is 3.46. The summed E-state index contributed by atoms with van der Waals surface area (Å²) in [7, 11) is 0. The molecular weight excluding hydrogens is 243 g/mol. The fourth-order valence-electron chi connectivity index (χ4n) is 1.69. The summed E-state index contributed by atoms with van der Waals surface area (Å²) in [4.78, 5) is 0. The Bertz CT molecular complexity index is 409. The fraction of sp³-hybridized carbons (Fsp3) is 0.538. The molecule has 0 bridgehead atoms. The Morgan fingerprint density at radius 3 is 2.28 bits per heavy atom. The molecule has 0 saturated heterocycles. The molecule has 2 atom stereocenters. The molecular formula is C13H18F3NO. The highest BCUT2D eigenvalue weighted by molar-refractivity contribution is 5.24. The SMILES string of the molecule is CC(C)CC[C@H](O)[C@H](N)c1ccc(F)c(F)c1F. The van der Waals surface area contributed by atoms with Crippen LogP contribution in [0.4, 0.5) is 13.2 Å². The zero-order valence-electron chi connectivity index (χ0n) is 10.5. The Morgan fingerprint density at radius 2 is 1.72 bits per heavy atom. The maximum atomic E-state index is 13.5. The predicted octanol–water partition coefficient (Wildman–Crippen LogP) is 2.90. The van der Waals surface area contributed by atoms with E-state index in [-0.39, 0.29) is 5.56 Å². The van der Waals surface area contributed by atoms with Crippen molar-refractivity contribution >= 4 is 0 Å². The second-order valence-electron chi connectivity index (χ2n) is 4.83. The zero-order chi connectivity index (χ0) is 13.9. The van der Waals surface area contributed by atoms with Crippen molar-refractivity contribution in [2.75, 3.05) is 0 Å². The van der Waals surface area contributed by atoms with Gasteiger partial charge in [-0.15, -0.1) is 0 Å². The van der Waals surface area contributed by atoms with Gasteiger partial charge in [0.1, 0.15) is 0 Å². The van der Waals surface area contributed by atoms with E-state index in [2.05, 4.69) is 0 Å². The molecule has 0 spiro atoms. The van der Waals surface area contributed by atoms with Crippen LogP contribution in [0.3, 0.4) is 0 Å². The van der Waals surface area contributed by atoms with E-state index in [0.717, 1.165) is 18.6 Å². The Labute approximate surface area is 105 Å². The van der Waals surface area contributed by atoms with Crippen LogP contribution in [0.2, 0.25) is 0 Å². The quantitative estimate of drug-likeness (QED) is 0.800. The van der Waals surface area contributed by atoms with E-state index >= 15 is 0 Å². The number of halogens is 3. The molecule has 0 amide bonds. The Morgan fingerprint density at radius 1 is 1.11 bits per heavy atom. The van der Waals surface area contributed by atoms with Crippen molar-refractivity contribution in [3.63, 3.8) is 0 Å². The van der Waals surface area contributed by atoms with Gasteiger partial charge in [-0.3, -0.25) is 0 Å². The minimum absolute atomic E-state index is 0.204. The topological polar surface area (TPSA) is 46.2 Å². The molecule has 102 valence electrons. The lowest BCUT2D eigenvalue weighted by molar-refractivity contribution is 0.126. The summed E-state index contributed by atoms with van der Waals surface area (Å²) >= 11 is 0. The first-order chi connectivity index (χ1) is 8.34. The van der Waals surface area contributed by atoms with Crippen LogP contribution >= 0.6 is 0 Å². The smallest absolute Gasteiger partial charge is 0.194 e. The molecule has 0 fully saturated rings. The number of rotatable bonds is 5. The number of aliphatic hydroxyl groups is 1. The molecule has 1 aromatic carbocycles. The van der Waals surface area contributed by atoms with Crippen molar-refractivity contribution in [1.82, 2.24) is 0 Å². The molecule has 0 radical (unpaired) electrons. The average molecular weight is 261 g/mol. The summed E-state index contributed by atoms with van der Waals surface area (Å²) in [6, 6.07) is 0.818. The monoisotopic (exact) mass is 261 g/mol. The van der Waals surface area contributed by atoms with Crippen LogP contribution in [0.25, 0.3) is 0 Å². The van der Waals surface area contributed by atoms with E-state index in [9.17, 15) is 18.3 Å². The summed E-state index contributed by atoms with van der Waals surface area (Å²) in [5.74, 6) is -3.77. The van der Waals surface area contributed by atoms with Crippen LogP contribution in [0.5, 0.6) is 0 Å². The van der Waals surface area contributed by atoms with E-state index in [0.29, 0.717) is 12.3 Å². The maximum Gasteiger partial charge on any atom is 0.194 e. The van der Waals surface area contributed by atoms with E-state index in [1.807, 2.05) is 13.8 Å². The Kier molecular flexibility index (Phi) is 5.16. The summed E-state index contributed by atoms with van der Waals surface area (Å²) in [5.41, 5.74) is 5.46. The van der Waals surface area contributed by atoms with Gasteiger partial charge < -0.3 is 10.8 Å². The largest absolute Gasteiger partial charge is 0.391 e. The van der Waals surface area contributed by atoms with Crippen LogP contribution < -0.4 is 5.73 Å². The zero-order valence-corrected chi connectivity index (χ0v) is 10.5. The summed E-state index contributed by atoms with van der Waals surface area (Å²) in [6.07, 6.45) is 0.129. The van der Waals surface area contributed by atoms with Crippen molar-refractivity contribution in [2.45, 2.75) is 38.8 Å². The third-order valence-corrected chi connectivity index (χ3v) is 2.88. The molecule has 0 saturated carbocycles. The lowest BCUT2D eigenvalue weighted by atomic mass is 9.95. The van der Waals surface area contributed by atoms with Gasteiger partial charge in [0.05, 0.1) is 12.1 Å². The van der Waals surface area contributed by atoms with E-state index in [1.165, 1.54) is 0 Å². The number of hydrogen-bond acceptors (Lipinski definition) is 2. The summed E-state index contributed by atoms with van der Waals surface area (Å²) < 4.78 is 39.3. The Balaban J connectivity index is 2.83. The highest BCUT2D eigenvalue weighted by Crippen LogP contribution is 2.24. The van der Waals surface area contributed by atoms with Crippen LogP contribution in [-0.2, 0) is 0 Å². The lowest BCUT2D eigenvalue weighted by Gasteiger charge is -2.20. The third-order valence-electron chi connectivity index (χ3n) is 2.88. The standard InChI is InChI=1S/C13H18F3NO/c1-7(2)3-6-10(18)13(17)8-4-5-9(14)12(16)11(8)15/h4-5,7,10,13,18H,3,6,17H2,1-2H3/t10-,13+/m0/s1. The number of benzene rings is 1. The molecule has 5 heteroatoms. The molecule has 0 aliphatic carbocycles. The summed E-state index contributed by atoms with van der Waals surface area (Å²) in [6.45, 7) is 3.97. The van der Waals surface area contributed by atoms with Gasteiger partial charge in [-0.2, -0.15) is 0 Å². The molecule has 0 unspecified atom stereocenters. The van der Waals surface area contributed by atoms with Gasteiger partial charge in [0.15, 0.2) is 17.5 Å². The molecule has 0 heterocycles. The number of aliphatic hydroxyl groups excluding tert-OH is 1. The fourth-order valence-corrected chi connectivity index (χ4v) is 1.69. The first-order valence-corrected chi connectivity index (χ1v) is 5.91. The Hall–Kier alpha value is -1.07. The highest BCUT2D eigenvalue weighted by Gasteiger charge is 2.23. The minimum Gasteiger partial charge on any atom is -0.391 e. The number of hydrogen-bond donors (Lipinski definition) is 2. The summed E-state index contributed by atoms with van der Waals surface area (Å²) in [5, 5.41) is 9.80. The molecule has 18 heavy (non-hydrogen) atoms. The minimum atomic E-state index is -1.56. The normalized spacial score (nSPS) is 14.9. The highest BCUT2D eigenvalue weighted by atomic mass is 19.2. The van der Waals surface area contributed by atoms with Crippen molar-refractivity contribution in [2.24, 2.45) is 11.7 Å². The van der Waals surface area contributed by atoms with Gasteiger partial charge in [0.25, 0.3) is 0 Å². The van der Waals surface area contributed by atoms with Crippen LogP contribution in [-0.4, -0.2) is 11.2 Å². The first-order valence-electron chi connectivity index (χ1n) is 5.91. The van der Waals surface area contributed by atoms with E-state index < -0.39 is 29.6 Å². The predicted molar refractivity (Wildman–Crippen MR) is 63.3 cm³/mol. The first kappa shape index (κ1) is 15.0. The van der Waals surface area contributed by atoms with Crippen LogP contribution in [0.15, 0.2) is 12.1 Å². The average Bonchev–Trinajstić information content (AvgIpc) is 2.32. The molecule has 2 nitrogen and oxygen atoms in total. The molecule has 0 aliphatic rings. The van der Waals surface area contributed by atoms with Crippen molar-refractivity contribution < 1.29 is 18.3 Å². The second kappa shape index (κ2) is 6.20. The molecule has 0 aromatic heterocycles. The molecule has 1 rings (SSSR count). The van der Waals surface area contributed by atoms with Crippen molar-refractivity contribution in [3.05, 3.63) is 35.1 Å². The lowest BCUT2D eigenvalue weighted by Crippen LogP contribution is -2.27.